The fourth-order valence-electron chi connectivity index (χ4n) is 2.44. The van der Waals surface area contributed by atoms with Crippen LogP contribution in [-0.2, 0) is 9.53 Å². The van der Waals surface area contributed by atoms with E-state index in [1.807, 2.05) is 0 Å². The Labute approximate surface area is 167 Å². The Kier molecular flexibility index (Phi) is 7.02. The number of primary amides is 1. The van der Waals surface area contributed by atoms with Crippen LogP contribution in [0.4, 0.5) is 5.69 Å². The van der Waals surface area contributed by atoms with Crippen LogP contribution < -0.4 is 25.3 Å². The van der Waals surface area contributed by atoms with Gasteiger partial charge in [0.2, 0.25) is 11.7 Å². The van der Waals surface area contributed by atoms with E-state index in [1.165, 1.54) is 64.7 Å². The Morgan fingerprint density at radius 2 is 1.45 bits per heavy atom. The van der Waals surface area contributed by atoms with Gasteiger partial charge in [-0.25, -0.2) is 4.79 Å². The summed E-state index contributed by atoms with van der Waals surface area (Å²) in [5.41, 5.74) is 6.04. The van der Waals surface area contributed by atoms with Crippen molar-refractivity contribution >= 4 is 23.5 Å². The molecule has 0 fully saturated rings. The average molecular weight is 402 g/mol. The number of methoxy groups -OCH3 is 3. The van der Waals surface area contributed by atoms with Crippen molar-refractivity contribution in [3.63, 3.8) is 0 Å². The van der Waals surface area contributed by atoms with Gasteiger partial charge >= 0.3 is 5.97 Å². The molecule has 0 aromatic heterocycles. The van der Waals surface area contributed by atoms with E-state index >= 15 is 0 Å². The molecule has 0 bridgehead atoms. The fraction of sp³-hybridized carbons (Fsp3) is 0.250. The molecule has 0 heterocycles. The summed E-state index contributed by atoms with van der Waals surface area (Å²) in [5.74, 6) is -0.961. The molecule has 3 N–H and O–H groups in total. The van der Waals surface area contributed by atoms with E-state index in [0.717, 1.165) is 0 Å². The Balaban J connectivity index is 2.09. The molecule has 0 aliphatic rings. The highest BCUT2D eigenvalue weighted by Crippen LogP contribution is 2.38. The molecule has 29 heavy (non-hydrogen) atoms. The second kappa shape index (κ2) is 9.45. The van der Waals surface area contributed by atoms with Crippen LogP contribution in [0, 0.1) is 0 Å². The number of nitrogens with one attached hydrogen (secondary N) is 1. The van der Waals surface area contributed by atoms with E-state index in [2.05, 4.69) is 5.32 Å². The number of ether oxygens (including phenoxy) is 4. The Bertz CT molecular complexity index is 885. The lowest BCUT2D eigenvalue weighted by atomic mass is 10.1. The summed E-state index contributed by atoms with van der Waals surface area (Å²) in [5, 5.41) is 2.59. The number of benzene rings is 2. The summed E-state index contributed by atoms with van der Waals surface area (Å²) in [6, 6.07) is 8.85. The lowest BCUT2D eigenvalue weighted by Gasteiger charge is -2.16. The minimum atomic E-state index is -1.09. The highest BCUT2D eigenvalue weighted by molar-refractivity contribution is 5.98. The highest BCUT2D eigenvalue weighted by atomic mass is 16.5. The Morgan fingerprint density at radius 3 is 1.90 bits per heavy atom. The molecule has 0 saturated carbocycles. The second-order valence-corrected chi connectivity index (χ2v) is 5.89. The number of rotatable bonds is 8. The first-order valence-electron chi connectivity index (χ1n) is 8.52. The van der Waals surface area contributed by atoms with Gasteiger partial charge in [-0.05, 0) is 43.3 Å². The van der Waals surface area contributed by atoms with Crippen LogP contribution in [-0.4, -0.2) is 45.2 Å². The molecular formula is C20H22N2O7. The smallest absolute Gasteiger partial charge is 0.339 e. The molecule has 0 aliphatic heterocycles. The standard InChI is InChI=1S/C20H22N2O7/c1-11(19(24)22-14-7-5-12(6-8-14)18(21)23)29-20(25)13-9-15(26-2)17(28-4)16(10-13)27-3/h5-11H,1-4H3,(H2,21,23)(H,22,24)/t11-/m0/s1. The van der Waals surface area contributed by atoms with Gasteiger partial charge in [0.25, 0.3) is 5.91 Å². The predicted molar refractivity (Wildman–Crippen MR) is 105 cm³/mol. The summed E-state index contributed by atoms with van der Waals surface area (Å²) in [6.07, 6.45) is -1.09. The summed E-state index contributed by atoms with van der Waals surface area (Å²) in [6.45, 7) is 1.43. The maximum Gasteiger partial charge on any atom is 0.339 e. The zero-order chi connectivity index (χ0) is 21.6. The largest absolute Gasteiger partial charge is 0.493 e. The van der Waals surface area contributed by atoms with Gasteiger partial charge in [-0.2, -0.15) is 0 Å². The van der Waals surface area contributed by atoms with Crippen molar-refractivity contribution in [1.29, 1.82) is 0 Å². The SMILES string of the molecule is COc1cc(C(=O)O[C@@H](C)C(=O)Nc2ccc(C(N)=O)cc2)cc(OC)c1OC. The summed E-state index contributed by atoms with van der Waals surface area (Å²) >= 11 is 0. The molecule has 9 nitrogen and oxygen atoms in total. The zero-order valence-corrected chi connectivity index (χ0v) is 16.5. The molecule has 0 spiro atoms. The number of nitrogens with two attached hydrogens (primary N) is 1. The number of anilines is 1. The van der Waals surface area contributed by atoms with Gasteiger partial charge in [0, 0.05) is 11.3 Å². The minimum Gasteiger partial charge on any atom is -0.493 e. The topological polar surface area (TPSA) is 126 Å². The molecule has 2 aromatic carbocycles. The van der Waals surface area contributed by atoms with Crippen LogP contribution in [0.5, 0.6) is 17.2 Å². The number of carbonyl (C=O) groups excluding carboxylic acids is 3. The summed E-state index contributed by atoms with van der Waals surface area (Å²) in [4.78, 5) is 35.8. The van der Waals surface area contributed by atoms with Gasteiger partial charge in [0.1, 0.15) is 0 Å². The number of amides is 2. The molecule has 0 unspecified atom stereocenters. The lowest BCUT2D eigenvalue weighted by Crippen LogP contribution is -2.30. The van der Waals surface area contributed by atoms with E-state index in [0.29, 0.717) is 17.0 Å². The minimum absolute atomic E-state index is 0.130. The summed E-state index contributed by atoms with van der Waals surface area (Å²) < 4.78 is 20.8. The van der Waals surface area contributed by atoms with Crippen molar-refractivity contribution in [2.45, 2.75) is 13.0 Å². The number of esters is 1. The third kappa shape index (κ3) is 5.16. The van der Waals surface area contributed by atoms with Gasteiger partial charge in [-0.3, -0.25) is 9.59 Å². The number of hydrogen-bond donors (Lipinski definition) is 2. The molecule has 2 rings (SSSR count). The monoisotopic (exact) mass is 402 g/mol. The van der Waals surface area contributed by atoms with E-state index in [9.17, 15) is 14.4 Å². The molecule has 2 amide bonds. The van der Waals surface area contributed by atoms with Crippen molar-refractivity contribution in [2.75, 3.05) is 26.6 Å². The maximum atomic E-state index is 12.5. The first kappa shape index (κ1) is 21.5. The van der Waals surface area contributed by atoms with Crippen LogP contribution in [0.3, 0.4) is 0 Å². The molecular weight excluding hydrogens is 380 g/mol. The van der Waals surface area contributed by atoms with E-state index in [-0.39, 0.29) is 17.1 Å². The lowest BCUT2D eigenvalue weighted by molar-refractivity contribution is -0.123. The third-order valence-electron chi connectivity index (χ3n) is 3.99. The Morgan fingerprint density at radius 1 is 0.897 bits per heavy atom. The molecule has 0 saturated heterocycles. The van der Waals surface area contributed by atoms with E-state index in [4.69, 9.17) is 24.7 Å². The first-order valence-corrected chi connectivity index (χ1v) is 8.52. The van der Waals surface area contributed by atoms with Crippen LogP contribution >= 0.6 is 0 Å². The van der Waals surface area contributed by atoms with Gasteiger partial charge in [0.05, 0.1) is 26.9 Å². The van der Waals surface area contributed by atoms with Crippen molar-refractivity contribution in [2.24, 2.45) is 5.73 Å². The predicted octanol–water partition coefficient (Wildman–Crippen LogP) is 2.00. The van der Waals surface area contributed by atoms with Crippen LogP contribution in [0.2, 0.25) is 0 Å². The molecule has 2 aromatic rings. The first-order chi connectivity index (χ1) is 13.8. The van der Waals surface area contributed by atoms with Crippen molar-refractivity contribution in [1.82, 2.24) is 0 Å². The van der Waals surface area contributed by atoms with Crippen molar-refractivity contribution in [3.8, 4) is 17.2 Å². The summed E-state index contributed by atoms with van der Waals surface area (Å²) in [7, 11) is 4.29. The number of hydrogen-bond acceptors (Lipinski definition) is 7. The average Bonchev–Trinajstić information content (AvgIpc) is 2.72. The molecule has 0 radical (unpaired) electrons. The highest BCUT2D eigenvalue weighted by Gasteiger charge is 2.22. The van der Waals surface area contributed by atoms with Crippen LogP contribution in [0.1, 0.15) is 27.6 Å². The third-order valence-corrected chi connectivity index (χ3v) is 3.99. The van der Waals surface area contributed by atoms with Crippen molar-refractivity contribution in [3.05, 3.63) is 47.5 Å². The molecule has 1 atom stereocenters. The van der Waals surface area contributed by atoms with E-state index in [1.54, 1.807) is 0 Å². The van der Waals surface area contributed by atoms with Crippen LogP contribution in [0.25, 0.3) is 0 Å². The van der Waals surface area contributed by atoms with Gasteiger partial charge in [-0.15, -0.1) is 0 Å². The quantitative estimate of drug-likeness (QED) is 0.647. The van der Waals surface area contributed by atoms with Crippen molar-refractivity contribution < 1.29 is 33.3 Å². The molecule has 9 heteroatoms. The van der Waals surface area contributed by atoms with Gasteiger partial charge in [0.15, 0.2) is 17.6 Å². The molecule has 0 aliphatic carbocycles. The maximum absolute atomic E-state index is 12.5. The van der Waals surface area contributed by atoms with E-state index < -0.39 is 23.9 Å². The second-order valence-electron chi connectivity index (χ2n) is 5.89. The number of carbonyl (C=O) groups is 3. The van der Waals surface area contributed by atoms with Gasteiger partial charge < -0.3 is 30.0 Å². The van der Waals surface area contributed by atoms with Crippen LogP contribution in [0.15, 0.2) is 36.4 Å². The normalized spacial score (nSPS) is 11.2. The zero-order valence-electron chi connectivity index (χ0n) is 16.5. The van der Waals surface area contributed by atoms with Gasteiger partial charge in [-0.1, -0.05) is 0 Å². The molecule has 154 valence electrons. The Hall–Kier alpha value is -3.75. The fourth-order valence-corrected chi connectivity index (χ4v) is 2.44.